The van der Waals surface area contributed by atoms with Crippen LogP contribution in [0.3, 0.4) is 0 Å². The van der Waals surface area contributed by atoms with Crippen LogP contribution in [0.4, 0.5) is 10.5 Å². The molecular weight excluding hydrogens is 460 g/mol. The maximum absolute atomic E-state index is 12.8. The number of aryl methyl sites for hydroxylation is 3. The lowest BCUT2D eigenvalue weighted by molar-refractivity contribution is -0.127. The highest BCUT2D eigenvalue weighted by Crippen LogP contribution is 2.32. The van der Waals surface area contributed by atoms with Crippen molar-refractivity contribution in [2.24, 2.45) is 0 Å². The molecule has 4 rings (SSSR count). The molecule has 3 amide bonds. The van der Waals surface area contributed by atoms with Crippen molar-refractivity contribution in [2.75, 3.05) is 11.9 Å². The number of amides is 3. The Labute approximate surface area is 209 Å². The lowest BCUT2D eigenvalue weighted by atomic mass is 10.1. The highest BCUT2D eigenvalue weighted by atomic mass is 32.2. The van der Waals surface area contributed by atoms with E-state index in [9.17, 15) is 14.4 Å². The van der Waals surface area contributed by atoms with Crippen LogP contribution in [0.25, 0.3) is 6.08 Å². The molecule has 3 aromatic carbocycles. The SMILES string of the molecule is Cc1cccc(COc2ccc(/C=C3/SC(=O)N(CC(=O)Nc4ccc(C)c(C)c4)C3=O)cc2)c1. The van der Waals surface area contributed by atoms with E-state index in [1.54, 1.807) is 12.1 Å². The van der Waals surface area contributed by atoms with E-state index in [0.29, 0.717) is 18.0 Å². The summed E-state index contributed by atoms with van der Waals surface area (Å²) in [7, 11) is 0. The number of hydrogen-bond donors (Lipinski definition) is 1. The summed E-state index contributed by atoms with van der Waals surface area (Å²) in [6, 6.07) is 21.0. The van der Waals surface area contributed by atoms with Crippen LogP contribution < -0.4 is 10.1 Å². The summed E-state index contributed by atoms with van der Waals surface area (Å²) >= 11 is 0.830. The number of carbonyl (C=O) groups excluding carboxylic acids is 3. The molecule has 0 saturated carbocycles. The van der Waals surface area contributed by atoms with E-state index in [4.69, 9.17) is 4.74 Å². The Balaban J connectivity index is 1.36. The zero-order valence-corrected chi connectivity index (χ0v) is 20.6. The molecule has 1 aliphatic heterocycles. The Morgan fingerprint density at radius 1 is 0.971 bits per heavy atom. The van der Waals surface area contributed by atoms with Crippen LogP contribution in [0.1, 0.15) is 27.8 Å². The van der Waals surface area contributed by atoms with Crippen molar-refractivity contribution in [3.8, 4) is 5.75 Å². The molecule has 0 bridgehead atoms. The fourth-order valence-corrected chi connectivity index (χ4v) is 4.42. The van der Waals surface area contributed by atoms with Gasteiger partial charge >= 0.3 is 0 Å². The molecule has 1 heterocycles. The lowest BCUT2D eigenvalue weighted by Gasteiger charge is -2.13. The third-order valence-electron chi connectivity index (χ3n) is 5.63. The molecule has 3 aromatic rings. The smallest absolute Gasteiger partial charge is 0.294 e. The van der Waals surface area contributed by atoms with E-state index in [1.165, 1.54) is 5.56 Å². The van der Waals surface area contributed by atoms with Crippen molar-refractivity contribution in [1.29, 1.82) is 0 Å². The van der Waals surface area contributed by atoms with E-state index in [2.05, 4.69) is 11.4 Å². The number of thioether (sulfide) groups is 1. The van der Waals surface area contributed by atoms with Crippen LogP contribution >= 0.6 is 11.8 Å². The van der Waals surface area contributed by atoms with Crippen LogP contribution in [0, 0.1) is 20.8 Å². The molecule has 35 heavy (non-hydrogen) atoms. The van der Waals surface area contributed by atoms with Crippen molar-refractivity contribution in [3.05, 3.63) is 99.5 Å². The first-order valence-electron chi connectivity index (χ1n) is 11.2. The van der Waals surface area contributed by atoms with Gasteiger partial charge in [-0.1, -0.05) is 48.0 Å². The Morgan fingerprint density at radius 2 is 1.74 bits per heavy atom. The van der Waals surface area contributed by atoms with Gasteiger partial charge in [0, 0.05) is 5.69 Å². The van der Waals surface area contributed by atoms with Crippen LogP contribution in [0.15, 0.2) is 71.6 Å². The van der Waals surface area contributed by atoms with Gasteiger partial charge in [0.2, 0.25) is 5.91 Å². The summed E-state index contributed by atoms with van der Waals surface area (Å²) in [4.78, 5) is 38.9. The highest BCUT2D eigenvalue weighted by Gasteiger charge is 2.36. The number of ether oxygens (including phenoxy) is 1. The molecule has 0 aromatic heterocycles. The van der Waals surface area contributed by atoms with Gasteiger partial charge in [0.25, 0.3) is 11.1 Å². The second kappa shape index (κ2) is 10.6. The molecule has 6 nitrogen and oxygen atoms in total. The van der Waals surface area contributed by atoms with Crippen molar-refractivity contribution in [3.63, 3.8) is 0 Å². The van der Waals surface area contributed by atoms with E-state index < -0.39 is 17.1 Å². The lowest BCUT2D eigenvalue weighted by Crippen LogP contribution is -2.36. The van der Waals surface area contributed by atoms with Gasteiger partial charge in [-0.2, -0.15) is 0 Å². The molecule has 1 fully saturated rings. The number of carbonyl (C=O) groups is 3. The van der Waals surface area contributed by atoms with E-state index in [-0.39, 0.29) is 11.4 Å². The Hall–Kier alpha value is -3.84. The quantitative estimate of drug-likeness (QED) is 0.423. The monoisotopic (exact) mass is 486 g/mol. The molecule has 0 unspecified atom stereocenters. The normalized spacial score (nSPS) is 14.5. The number of hydrogen-bond acceptors (Lipinski definition) is 5. The molecule has 1 N–H and O–H groups in total. The van der Waals surface area contributed by atoms with Crippen LogP contribution in [0.5, 0.6) is 5.75 Å². The number of rotatable bonds is 7. The van der Waals surface area contributed by atoms with Crippen molar-refractivity contribution < 1.29 is 19.1 Å². The van der Waals surface area contributed by atoms with Gasteiger partial charge in [-0.15, -0.1) is 0 Å². The molecule has 0 spiro atoms. The first-order valence-corrected chi connectivity index (χ1v) is 12.0. The highest BCUT2D eigenvalue weighted by molar-refractivity contribution is 8.18. The van der Waals surface area contributed by atoms with Gasteiger partial charge < -0.3 is 10.1 Å². The first-order chi connectivity index (χ1) is 16.8. The average Bonchev–Trinajstić information content (AvgIpc) is 3.08. The van der Waals surface area contributed by atoms with Crippen LogP contribution in [0.2, 0.25) is 0 Å². The summed E-state index contributed by atoms with van der Waals surface area (Å²) in [5.41, 5.74) is 5.82. The summed E-state index contributed by atoms with van der Waals surface area (Å²) in [6.45, 7) is 6.11. The average molecular weight is 487 g/mol. The first kappa shape index (κ1) is 24.3. The number of nitrogens with one attached hydrogen (secondary N) is 1. The second-order valence-electron chi connectivity index (χ2n) is 8.46. The summed E-state index contributed by atoms with van der Waals surface area (Å²) in [6.07, 6.45) is 1.65. The third-order valence-corrected chi connectivity index (χ3v) is 6.54. The Bertz CT molecular complexity index is 1310. The van der Waals surface area contributed by atoms with Gasteiger partial charge in [0.05, 0.1) is 4.91 Å². The minimum atomic E-state index is -0.477. The number of nitrogens with zero attached hydrogens (tertiary/aromatic N) is 1. The summed E-state index contributed by atoms with van der Waals surface area (Å²) in [5.74, 6) is -0.193. The molecule has 178 valence electrons. The molecule has 1 saturated heterocycles. The summed E-state index contributed by atoms with van der Waals surface area (Å²) in [5, 5.41) is 2.28. The van der Waals surface area contributed by atoms with Gasteiger partial charge in [-0.3, -0.25) is 19.3 Å². The van der Waals surface area contributed by atoms with Crippen LogP contribution in [-0.4, -0.2) is 28.5 Å². The zero-order valence-electron chi connectivity index (χ0n) is 19.8. The van der Waals surface area contributed by atoms with Gasteiger partial charge in [-0.05, 0) is 85.1 Å². The second-order valence-corrected chi connectivity index (χ2v) is 9.46. The summed E-state index contributed by atoms with van der Waals surface area (Å²) < 4.78 is 5.83. The minimum absolute atomic E-state index is 0.280. The standard InChI is InChI=1S/C28H26N2O4S/c1-18-5-4-6-22(13-18)17-34-24-11-8-21(9-12-24)15-25-27(32)30(28(33)35-25)16-26(31)29-23-10-7-19(2)20(3)14-23/h4-15H,16-17H2,1-3H3,(H,29,31)/b25-15+. The number of anilines is 1. The largest absolute Gasteiger partial charge is 0.489 e. The Kier molecular flexibility index (Phi) is 7.36. The molecule has 0 radical (unpaired) electrons. The van der Waals surface area contributed by atoms with Gasteiger partial charge in [-0.25, -0.2) is 0 Å². The predicted molar refractivity (Wildman–Crippen MR) is 139 cm³/mol. The molecule has 7 heteroatoms. The maximum atomic E-state index is 12.8. The van der Waals surface area contributed by atoms with Crippen molar-refractivity contribution >= 4 is 40.6 Å². The molecule has 1 aliphatic rings. The molecule has 0 aliphatic carbocycles. The van der Waals surface area contributed by atoms with E-state index >= 15 is 0 Å². The topological polar surface area (TPSA) is 75.7 Å². The fraction of sp³-hybridized carbons (Fsp3) is 0.179. The Morgan fingerprint density at radius 3 is 2.46 bits per heavy atom. The molecule has 0 atom stereocenters. The number of imide groups is 1. The third kappa shape index (κ3) is 6.19. The maximum Gasteiger partial charge on any atom is 0.294 e. The van der Waals surface area contributed by atoms with E-state index in [1.807, 2.05) is 75.4 Å². The van der Waals surface area contributed by atoms with Crippen molar-refractivity contribution in [2.45, 2.75) is 27.4 Å². The predicted octanol–water partition coefficient (Wildman–Crippen LogP) is 5.87. The fourth-order valence-electron chi connectivity index (χ4n) is 3.58. The van der Waals surface area contributed by atoms with Crippen LogP contribution in [-0.2, 0) is 16.2 Å². The number of benzene rings is 3. The zero-order chi connectivity index (χ0) is 24.9. The minimum Gasteiger partial charge on any atom is -0.489 e. The molecular formula is C28H26N2O4S. The van der Waals surface area contributed by atoms with Gasteiger partial charge in [0.1, 0.15) is 18.9 Å². The van der Waals surface area contributed by atoms with Crippen molar-refractivity contribution in [1.82, 2.24) is 4.90 Å². The van der Waals surface area contributed by atoms with E-state index in [0.717, 1.165) is 38.9 Å². The van der Waals surface area contributed by atoms with Gasteiger partial charge in [0.15, 0.2) is 0 Å².